The highest BCUT2D eigenvalue weighted by Gasteiger charge is 2.28. The molecule has 4 rings (SSSR count). The molecule has 1 aromatic carbocycles. The van der Waals surface area contributed by atoms with Gasteiger partial charge in [0.05, 0.1) is 12.0 Å². The van der Waals surface area contributed by atoms with Crippen molar-refractivity contribution in [2.24, 2.45) is 0 Å². The van der Waals surface area contributed by atoms with E-state index in [4.69, 9.17) is 4.74 Å². The average molecular weight is 442 g/mol. The monoisotopic (exact) mass is 441 g/mol. The molecule has 164 valence electrons. The van der Waals surface area contributed by atoms with Crippen molar-refractivity contribution in [3.05, 3.63) is 54.7 Å². The molecule has 1 aliphatic rings. The zero-order valence-electron chi connectivity index (χ0n) is 17.7. The molecule has 2 heterocycles. The molecule has 0 amide bonds. The van der Waals surface area contributed by atoms with Gasteiger partial charge < -0.3 is 9.30 Å². The van der Waals surface area contributed by atoms with Crippen LogP contribution in [0.25, 0.3) is 11.1 Å². The normalized spacial score (nSPS) is 19.3. The van der Waals surface area contributed by atoms with Gasteiger partial charge >= 0.3 is 0 Å². The van der Waals surface area contributed by atoms with Crippen LogP contribution in [0.3, 0.4) is 0 Å². The Bertz CT molecular complexity index is 1130. The van der Waals surface area contributed by atoms with E-state index in [1.807, 2.05) is 35.8 Å². The summed E-state index contributed by atoms with van der Waals surface area (Å²) < 4.78 is 36.8. The van der Waals surface area contributed by atoms with Crippen LogP contribution in [0.2, 0.25) is 0 Å². The smallest absolute Gasteiger partial charge is 0.241 e. The number of nitrogens with one attached hydrogen (secondary N) is 1. The first-order chi connectivity index (χ1) is 15.0. The predicted octanol–water partition coefficient (Wildman–Crippen LogP) is 3.37. The van der Waals surface area contributed by atoms with Crippen LogP contribution in [0.4, 0.5) is 0 Å². The Morgan fingerprint density at radius 1 is 1.19 bits per heavy atom. The van der Waals surface area contributed by atoms with E-state index in [1.165, 1.54) is 0 Å². The zero-order chi connectivity index (χ0) is 21.8. The summed E-state index contributed by atoms with van der Waals surface area (Å²) in [5.74, 6) is 0.514. The van der Waals surface area contributed by atoms with Crippen molar-refractivity contribution in [1.29, 1.82) is 0 Å². The lowest BCUT2D eigenvalue weighted by molar-refractivity contribution is 0.305. The van der Waals surface area contributed by atoms with Crippen LogP contribution in [-0.4, -0.2) is 41.3 Å². The lowest BCUT2D eigenvalue weighted by Gasteiger charge is -2.30. The minimum atomic E-state index is -3.65. The first-order valence-electron chi connectivity index (χ1n) is 10.5. The van der Waals surface area contributed by atoms with Gasteiger partial charge in [-0.05, 0) is 67.5 Å². The Kier molecular flexibility index (Phi) is 6.33. The van der Waals surface area contributed by atoms with Gasteiger partial charge in [-0.2, -0.15) is 0 Å². The van der Waals surface area contributed by atoms with Gasteiger partial charge in [-0.3, -0.25) is 0 Å². The predicted molar refractivity (Wildman–Crippen MR) is 117 cm³/mol. The van der Waals surface area contributed by atoms with E-state index in [0.717, 1.165) is 42.4 Å². The molecule has 0 spiro atoms. The number of sulfonamides is 1. The number of pyridine rings is 1. The van der Waals surface area contributed by atoms with Crippen molar-refractivity contribution in [2.75, 3.05) is 7.11 Å². The molecule has 0 saturated heterocycles. The van der Waals surface area contributed by atoms with Gasteiger partial charge in [0, 0.05) is 23.8 Å². The Labute approximate surface area is 182 Å². The van der Waals surface area contributed by atoms with E-state index < -0.39 is 10.0 Å². The molecule has 1 saturated carbocycles. The van der Waals surface area contributed by atoms with Gasteiger partial charge in [0.1, 0.15) is 12.7 Å². The molecule has 9 heteroatoms. The molecule has 8 nitrogen and oxygen atoms in total. The van der Waals surface area contributed by atoms with E-state index in [1.54, 1.807) is 32.0 Å². The van der Waals surface area contributed by atoms with Crippen LogP contribution in [0.5, 0.6) is 5.88 Å². The average Bonchev–Trinajstić information content (AvgIpc) is 3.33. The SMILES string of the molecule is CCc1cc(-c2cccnc2OC)ccc1S(=O)(=O)NC1CCCC(n2cnnc2)C1. The molecule has 1 N–H and O–H groups in total. The second kappa shape index (κ2) is 9.15. The summed E-state index contributed by atoms with van der Waals surface area (Å²) in [7, 11) is -2.07. The maximum absolute atomic E-state index is 13.3. The number of hydrogen-bond acceptors (Lipinski definition) is 6. The van der Waals surface area contributed by atoms with Crippen molar-refractivity contribution < 1.29 is 13.2 Å². The first kappa shape index (κ1) is 21.5. The second-order valence-corrected chi connectivity index (χ2v) is 9.47. The molecule has 3 aromatic rings. The van der Waals surface area contributed by atoms with Crippen molar-refractivity contribution >= 4 is 10.0 Å². The lowest BCUT2D eigenvalue weighted by atomic mass is 9.91. The number of nitrogens with zero attached hydrogens (tertiary/aromatic N) is 4. The fourth-order valence-corrected chi connectivity index (χ4v) is 5.86. The Balaban J connectivity index is 1.58. The zero-order valence-corrected chi connectivity index (χ0v) is 18.5. The number of rotatable bonds is 7. The van der Waals surface area contributed by atoms with Gasteiger partial charge in [0.2, 0.25) is 15.9 Å². The Morgan fingerprint density at radius 3 is 2.74 bits per heavy atom. The fraction of sp³-hybridized carbons (Fsp3) is 0.409. The third-order valence-corrected chi connectivity index (χ3v) is 7.45. The van der Waals surface area contributed by atoms with Crippen LogP contribution in [0.15, 0.2) is 54.1 Å². The number of aryl methyl sites for hydroxylation is 1. The molecule has 1 aliphatic carbocycles. The molecule has 0 bridgehead atoms. The molecule has 2 unspecified atom stereocenters. The first-order valence-corrected chi connectivity index (χ1v) is 12.0. The summed E-state index contributed by atoms with van der Waals surface area (Å²) in [4.78, 5) is 4.57. The van der Waals surface area contributed by atoms with Gasteiger partial charge in [0.25, 0.3) is 0 Å². The third-order valence-electron chi connectivity index (χ3n) is 5.83. The van der Waals surface area contributed by atoms with E-state index in [9.17, 15) is 8.42 Å². The van der Waals surface area contributed by atoms with Gasteiger partial charge in [0.15, 0.2) is 0 Å². The molecule has 2 aromatic heterocycles. The van der Waals surface area contributed by atoms with Gasteiger partial charge in [-0.25, -0.2) is 18.1 Å². The number of aromatic nitrogens is 4. The number of ether oxygens (including phenoxy) is 1. The Morgan fingerprint density at radius 2 is 2.00 bits per heavy atom. The highest BCUT2D eigenvalue weighted by molar-refractivity contribution is 7.89. The van der Waals surface area contributed by atoms with Crippen LogP contribution in [0, 0.1) is 0 Å². The maximum Gasteiger partial charge on any atom is 0.241 e. The van der Waals surface area contributed by atoms with Crippen molar-refractivity contribution in [3.8, 4) is 17.0 Å². The summed E-state index contributed by atoms with van der Waals surface area (Å²) >= 11 is 0. The third kappa shape index (κ3) is 4.62. The van der Waals surface area contributed by atoms with Crippen molar-refractivity contribution in [2.45, 2.75) is 56.0 Å². The summed E-state index contributed by atoms with van der Waals surface area (Å²) in [6.45, 7) is 1.96. The molecule has 2 atom stereocenters. The van der Waals surface area contributed by atoms with Crippen molar-refractivity contribution in [3.63, 3.8) is 0 Å². The van der Waals surface area contributed by atoms with Crippen LogP contribution < -0.4 is 9.46 Å². The standard InChI is InChI=1S/C22H27N5O3S/c1-3-16-12-17(20-8-5-11-23-22(20)30-2)9-10-21(16)31(28,29)26-18-6-4-7-19(13-18)27-14-24-25-15-27/h5,8-12,14-15,18-19,26H,3-4,6-7,13H2,1-2H3. The number of hydrogen-bond donors (Lipinski definition) is 1. The van der Waals surface area contributed by atoms with Crippen molar-refractivity contribution in [1.82, 2.24) is 24.5 Å². The second-order valence-electron chi connectivity index (χ2n) is 7.78. The quantitative estimate of drug-likeness (QED) is 0.604. The summed E-state index contributed by atoms with van der Waals surface area (Å²) in [5.41, 5.74) is 2.48. The fourth-order valence-electron chi connectivity index (χ4n) is 4.28. The maximum atomic E-state index is 13.3. The molecule has 1 fully saturated rings. The molecular formula is C22H27N5O3S. The van der Waals surface area contributed by atoms with Crippen LogP contribution >= 0.6 is 0 Å². The van der Waals surface area contributed by atoms with E-state index in [0.29, 0.717) is 17.2 Å². The Hall–Kier alpha value is -2.78. The molecular weight excluding hydrogens is 414 g/mol. The number of methoxy groups -OCH3 is 1. The lowest BCUT2D eigenvalue weighted by Crippen LogP contribution is -2.39. The summed E-state index contributed by atoms with van der Waals surface area (Å²) in [6.07, 6.45) is 9.16. The van der Waals surface area contributed by atoms with Gasteiger partial charge in [-0.1, -0.05) is 13.0 Å². The molecule has 0 radical (unpaired) electrons. The van der Waals surface area contributed by atoms with Crippen LogP contribution in [-0.2, 0) is 16.4 Å². The molecule has 0 aliphatic heterocycles. The van der Waals surface area contributed by atoms with Crippen LogP contribution in [0.1, 0.15) is 44.2 Å². The molecule has 31 heavy (non-hydrogen) atoms. The van der Waals surface area contributed by atoms with E-state index in [2.05, 4.69) is 19.9 Å². The number of benzene rings is 1. The minimum absolute atomic E-state index is 0.117. The highest BCUT2D eigenvalue weighted by atomic mass is 32.2. The van der Waals surface area contributed by atoms with E-state index in [-0.39, 0.29) is 12.1 Å². The highest BCUT2D eigenvalue weighted by Crippen LogP contribution is 2.32. The summed E-state index contributed by atoms with van der Waals surface area (Å²) in [6, 6.07) is 9.26. The minimum Gasteiger partial charge on any atom is -0.481 e. The van der Waals surface area contributed by atoms with E-state index >= 15 is 0 Å². The topological polar surface area (TPSA) is 99.0 Å². The summed E-state index contributed by atoms with van der Waals surface area (Å²) in [5, 5.41) is 7.75. The largest absolute Gasteiger partial charge is 0.481 e. The van der Waals surface area contributed by atoms with Gasteiger partial charge in [-0.15, -0.1) is 10.2 Å².